The maximum atomic E-state index is 5.93. The Balaban J connectivity index is 1.66. The number of aromatic nitrogens is 4. The molecule has 4 aromatic rings. The van der Waals surface area contributed by atoms with Gasteiger partial charge in [-0.1, -0.05) is 12.0 Å². The molecule has 1 unspecified atom stereocenters. The number of fused-ring (bicyclic) bond motifs is 5. The van der Waals surface area contributed by atoms with Crippen molar-refractivity contribution in [1.82, 2.24) is 19.9 Å². The summed E-state index contributed by atoms with van der Waals surface area (Å²) in [5.74, 6) is 9.47. The van der Waals surface area contributed by atoms with Gasteiger partial charge in [-0.3, -0.25) is 0 Å². The van der Waals surface area contributed by atoms with Crippen molar-refractivity contribution in [2.24, 2.45) is 0 Å². The largest absolute Gasteiger partial charge is 0.490 e. The Labute approximate surface area is 185 Å². The number of nitrogens with one attached hydrogen (secondary N) is 2. The van der Waals surface area contributed by atoms with Crippen LogP contribution in [0.15, 0.2) is 55.0 Å². The predicted molar refractivity (Wildman–Crippen MR) is 122 cm³/mol. The summed E-state index contributed by atoms with van der Waals surface area (Å²) < 4.78 is 11.8. The van der Waals surface area contributed by atoms with Gasteiger partial charge in [0.2, 0.25) is 5.88 Å². The SMILES string of the molecule is CNc1ncc2c3cc(ncc13)Nc1cccc(n1)OC(C)COc1ccnc(c1)C#C2. The standard InChI is InChI=1S/C24H20N6O2/c1-15-14-31-18-8-9-26-17(10-18)7-6-16-12-28-24(25-2)20-13-27-22(11-19(16)20)29-21-4-3-5-23(30-21)32-15/h3-5,8-13,15H,14H2,1-2H3,(H,25,28)(H,27,29,30). The third-order valence-electron chi connectivity index (χ3n) is 4.85. The van der Waals surface area contributed by atoms with Crippen LogP contribution in [0.5, 0.6) is 11.6 Å². The van der Waals surface area contributed by atoms with Crippen LogP contribution in [-0.4, -0.2) is 39.7 Å². The van der Waals surface area contributed by atoms with E-state index in [0.717, 1.165) is 22.2 Å². The molecule has 0 saturated carbocycles. The highest BCUT2D eigenvalue weighted by Gasteiger charge is 2.11. The molecule has 4 aromatic heterocycles. The number of anilines is 3. The number of pyridine rings is 4. The van der Waals surface area contributed by atoms with Crippen molar-refractivity contribution in [3.8, 4) is 23.5 Å². The maximum absolute atomic E-state index is 5.93. The fraction of sp³-hybridized carbons (Fsp3) is 0.167. The van der Waals surface area contributed by atoms with Gasteiger partial charge in [0.15, 0.2) is 0 Å². The zero-order valence-corrected chi connectivity index (χ0v) is 17.6. The lowest BCUT2D eigenvalue weighted by Gasteiger charge is -2.15. The van der Waals surface area contributed by atoms with E-state index in [1.54, 1.807) is 24.7 Å². The lowest BCUT2D eigenvalue weighted by Crippen LogP contribution is -2.21. The molecule has 8 nitrogen and oxygen atoms in total. The zero-order chi connectivity index (χ0) is 21.9. The van der Waals surface area contributed by atoms with Crippen molar-refractivity contribution in [1.29, 1.82) is 0 Å². The smallest absolute Gasteiger partial charge is 0.215 e. The molecule has 1 atom stereocenters. The Bertz CT molecular complexity index is 1360. The molecule has 32 heavy (non-hydrogen) atoms. The van der Waals surface area contributed by atoms with Crippen LogP contribution >= 0.6 is 0 Å². The normalized spacial score (nSPS) is 14.9. The molecule has 0 saturated heterocycles. The number of ether oxygens (including phenoxy) is 2. The average molecular weight is 424 g/mol. The van der Waals surface area contributed by atoms with Crippen molar-refractivity contribution in [3.05, 3.63) is 66.2 Å². The third kappa shape index (κ3) is 4.09. The van der Waals surface area contributed by atoms with Crippen LogP contribution < -0.4 is 20.1 Å². The van der Waals surface area contributed by atoms with E-state index in [2.05, 4.69) is 42.4 Å². The molecule has 1 aliphatic rings. The summed E-state index contributed by atoms with van der Waals surface area (Å²) in [5.41, 5.74) is 1.37. The van der Waals surface area contributed by atoms with Crippen LogP contribution in [-0.2, 0) is 0 Å². The Hall–Kier alpha value is -4.38. The van der Waals surface area contributed by atoms with Crippen LogP contribution in [0.1, 0.15) is 18.2 Å². The Kier molecular flexibility index (Phi) is 5.14. The first-order chi connectivity index (χ1) is 15.7. The quantitative estimate of drug-likeness (QED) is 0.446. The van der Waals surface area contributed by atoms with Gasteiger partial charge in [-0.05, 0) is 31.0 Å². The lowest BCUT2D eigenvalue weighted by atomic mass is 10.1. The molecule has 0 fully saturated rings. The van der Waals surface area contributed by atoms with Gasteiger partial charge in [-0.25, -0.2) is 15.0 Å². The fourth-order valence-electron chi connectivity index (χ4n) is 3.34. The topological polar surface area (TPSA) is 94.1 Å². The summed E-state index contributed by atoms with van der Waals surface area (Å²) >= 11 is 0. The number of hydrogen-bond acceptors (Lipinski definition) is 8. The van der Waals surface area contributed by atoms with Gasteiger partial charge >= 0.3 is 0 Å². The first-order valence-corrected chi connectivity index (χ1v) is 10.2. The van der Waals surface area contributed by atoms with Gasteiger partial charge in [0, 0.05) is 48.5 Å². The highest BCUT2D eigenvalue weighted by atomic mass is 16.5. The minimum absolute atomic E-state index is 0.207. The molecule has 1 aliphatic heterocycles. The molecule has 6 bridgehead atoms. The van der Waals surface area contributed by atoms with Crippen molar-refractivity contribution in [3.63, 3.8) is 0 Å². The molecule has 2 N–H and O–H groups in total. The first-order valence-electron chi connectivity index (χ1n) is 10.2. The second-order valence-corrected chi connectivity index (χ2v) is 7.24. The summed E-state index contributed by atoms with van der Waals surface area (Å²) in [5, 5.41) is 8.13. The van der Waals surface area contributed by atoms with Gasteiger partial charge in [0.05, 0.1) is 5.56 Å². The Morgan fingerprint density at radius 1 is 1.03 bits per heavy atom. The van der Waals surface area contributed by atoms with Crippen molar-refractivity contribution in [2.75, 3.05) is 24.3 Å². The molecule has 5 heterocycles. The minimum atomic E-state index is -0.207. The van der Waals surface area contributed by atoms with E-state index in [4.69, 9.17) is 9.47 Å². The molecule has 5 rings (SSSR count). The van der Waals surface area contributed by atoms with Crippen LogP contribution in [0.4, 0.5) is 17.5 Å². The summed E-state index contributed by atoms with van der Waals surface area (Å²) in [4.78, 5) is 17.9. The molecule has 0 amide bonds. The summed E-state index contributed by atoms with van der Waals surface area (Å²) in [6.45, 7) is 2.28. The van der Waals surface area contributed by atoms with E-state index in [1.165, 1.54) is 0 Å². The molecule has 0 aromatic carbocycles. The minimum Gasteiger partial charge on any atom is -0.490 e. The van der Waals surface area contributed by atoms with Crippen LogP contribution in [0, 0.1) is 11.8 Å². The third-order valence-corrected chi connectivity index (χ3v) is 4.85. The molecule has 0 radical (unpaired) electrons. The number of hydrogen-bond donors (Lipinski definition) is 2. The fourth-order valence-corrected chi connectivity index (χ4v) is 3.34. The first kappa shape index (κ1) is 19.6. The Morgan fingerprint density at radius 2 is 1.97 bits per heavy atom. The van der Waals surface area contributed by atoms with Gasteiger partial charge in [-0.2, -0.15) is 4.98 Å². The molecule has 0 spiro atoms. The van der Waals surface area contributed by atoms with E-state index in [0.29, 0.717) is 35.6 Å². The molecular weight excluding hydrogens is 404 g/mol. The molecule has 0 aliphatic carbocycles. The molecule has 158 valence electrons. The highest BCUT2D eigenvalue weighted by molar-refractivity contribution is 5.96. The molecule has 8 heteroatoms. The Morgan fingerprint density at radius 3 is 2.88 bits per heavy atom. The van der Waals surface area contributed by atoms with Gasteiger partial charge in [-0.15, -0.1) is 0 Å². The van der Waals surface area contributed by atoms with Gasteiger partial charge < -0.3 is 20.1 Å². The van der Waals surface area contributed by atoms with E-state index >= 15 is 0 Å². The summed E-state index contributed by atoms with van der Waals surface area (Å²) in [6.07, 6.45) is 4.98. The van der Waals surface area contributed by atoms with E-state index < -0.39 is 0 Å². The van der Waals surface area contributed by atoms with Crippen LogP contribution in [0.2, 0.25) is 0 Å². The lowest BCUT2D eigenvalue weighted by molar-refractivity contribution is 0.138. The van der Waals surface area contributed by atoms with Crippen molar-refractivity contribution in [2.45, 2.75) is 13.0 Å². The van der Waals surface area contributed by atoms with E-state index in [1.807, 2.05) is 44.3 Å². The zero-order valence-electron chi connectivity index (χ0n) is 17.6. The highest BCUT2D eigenvalue weighted by Crippen LogP contribution is 2.27. The second-order valence-electron chi connectivity index (χ2n) is 7.24. The monoisotopic (exact) mass is 424 g/mol. The van der Waals surface area contributed by atoms with Crippen molar-refractivity contribution < 1.29 is 9.47 Å². The number of rotatable bonds is 1. The summed E-state index contributed by atoms with van der Waals surface area (Å²) in [6, 6.07) is 11.1. The molecular formula is C24H20N6O2. The number of nitrogens with zero attached hydrogens (tertiary/aromatic N) is 4. The summed E-state index contributed by atoms with van der Waals surface area (Å²) in [7, 11) is 1.83. The van der Waals surface area contributed by atoms with E-state index in [9.17, 15) is 0 Å². The average Bonchev–Trinajstić information content (AvgIpc) is 2.81. The second kappa shape index (κ2) is 8.40. The predicted octanol–water partition coefficient (Wildman–Crippen LogP) is 3.76. The van der Waals surface area contributed by atoms with Gasteiger partial charge in [0.1, 0.15) is 41.6 Å². The maximum Gasteiger partial charge on any atom is 0.215 e. The van der Waals surface area contributed by atoms with Gasteiger partial charge in [0.25, 0.3) is 0 Å². The van der Waals surface area contributed by atoms with Crippen LogP contribution in [0.3, 0.4) is 0 Å². The van der Waals surface area contributed by atoms with E-state index in [-0.39, 0.29) is 6.10 Å². The van der Waals surface area contributed by atoms with Crippen molar-refractivity contribution >= 4 is 28.2 Å². The van der Waals surface area contributed by atoms with Crippen LogP contribution in [0.25, 0.3) is 10.8 Å².